The van der Waals surface area contributed by atoms with Gasteiger partial charge in [-0.15, -0.1) is 10.2 Å². The van der Waals surface area contributed by atoms with Gasteiger partial charge in [-0.05, 0) is 94.5 Å². The maximum atomic E-state index is 12.1. The fourth-order valence-electron chi connectivity index (χ4n) is 8.78. The van der Waals surface area contributed by atoms with E-state index in [1.54, 1.807) is 58.6 Å². The van der Waals surface area contributed by atoms with Crippen molar-refractivity contribution in [3.05, 3.63) is 108 Å². The predicted molar refractivity (Wildman–Crippen MR) is 265 cm³/mol. The van der Waals surface area contributed by atoms with Crippen molar-refractivity contribution < 1.29 is 34.0 Å². The number of aliphatic hydroxyl groups is 2. The van der Waals surface area contributed by atoms with Gasteiger partial charge >= 0.3 is 0 Å². The van der Waals surface area contributed by atoms with Crippen molar-refractivity contribution in [1.29, 1.82) is 0 Å². The highest BCUT2D eigenvalue weighted by molar-refractivity contribution is 6.28. The standard InChI is InChI=1S/C24H27N7O3.C13H15N3O3.C11H13ClN4O/c1-15-19(16(2)33)10-18(11-21(15)34-3)29-12-22(25-14-29)26-24-27-23(20-7-5-9-31(20)28-24)30-8-4-6-17(30)13-32;1-8(17)10-4-9(16-6-12(14)15-7-16)5-11(18-2)13(10)19-3;12-11-13-10(9-4-2-6-16(9)14-11)15-5-1-3-8(15)7-17/h5,7,9-12,14,17,32H,4,6,8,13H2,1-3H3,(H,26,28);4-7H,14H2,1-3H3;2,4,6,8,17H,1,3,5,7H2/t17-;;8-/m0.0/s1. The number of aliphatic hydroxyl groups excluding tert-OH is 2. The van der Waals surface area contributed by atoms with Crippen LogP contribution in [0, 0.1) is 6.92 Å². The third-order valence-electron chi connectivity index (χ3n) is 12.2. The van der Waals surface area contributed by atoms with Gasteiger partial charge in [0.25, 0.3) is 0 Å². The molecule has 0 saturated carbocycles. The Kier molecular flexibility index (Phi) is 14.8. The van der Waals surface area contributed by atoms with Gasteiger partial charge in [-0.2, -0.15) is 9.97 Å². The Bertz CT molecular complexity index is 3150. The molecule has 0 unspecified atom stereocenters. The summed E-state index contributed by atoms with van der Waals surface area (Å²) in [5.41, 5.74) is 10.8. The van der Waals surface area contributed by atoms with Gasteiger partial charge in [-0.3, -0.25) is 9.59 Å². The molecular formula is C48H55ClN14O7. The number of fused-ring (bicyclic) bond motifs is 2. The Morgan fingerprint density at radius 2 is 1.31 bits per heavy atom. The minimum atomic E-state index is -0.106. The Balaban J connectivity index is 0.000000155. The number of aromatic nitrogens is 10. The average Bonchev–Trinajstić information content (AvgIpc) is 4.23. The molecule has 22 heteroatoms. The summed E-state index contributed by atoms with van der Waals surface area (Å²) in [4.78, 5) is 45.5. The van der Waals surface area contributed by atoms with Crippen LogP contribution in [-0.4, -0.2) is 130 Å². The van der Waals surface area contributed by atoms with Gasteiger partial charge in [0.05, 0.1) is 76.0 Å². The van der Waals surface area contributed by atoms with Crippen molar-refractivity contribution in [3.63, 3.8) is 0 Å². The second-order valence-corrected chi connectivity index (χ2v) is 17.0. The molecule has 8 heterocycles. The number of imidazole rings is 2. The SMILES string of the molecule is COc1cc(-n2cnc(N)c2)cc(C(C)=O)c1OC.COc1cc(-n2cnc(Nc3nc(N4CCC[C@H]4CO)c4cccn4n3)c2)cc(C(C)=O)c1C.OC[C@@H]1CCCN1c1nc(Cl)nn2cccc12. The van der Waals surface area contributed by atoms with Gasteiger partial charge < -0.3 is 54.4 Å². The van der Waals surface area contributed by atoms with E-state index in [1.807, 2.05) is 66.5 Å². The molecule has 2 aliphatic heterocycles. The molecule has 0 aliphatic carbocycles. The second-order valence-electron chi connectivity index (χ2n) is 16.6. The zero-order valence-electron chi connectivity index (χ0n) is 39.7. The molecule has 2 fully saturated rings. The van der Waals surface area contributed by atoms with E-state index in [0.29, 0.717) is 46.0 Å². The number of ketones is 2. The van der Waals surface area contributed by atoms with Gasteiger partial charge in [0.2, 0.25) is 11.2 Å². The molecule has 2 aromatic carbocycles. The lowest BCUT2D eigenvalue weighted by atomic mass is 10.0. The van der Waals surface area contributed by atoms with Gasteiger partial charge in [0.1, 0.15) is 35.3 Å². The summed E-state index contributed by atoms with van der Waals surface area (Å²) in [5, 5.41) is 31.2. The Morgan fingerprint density at radius 1 is 0.757 bits per heavy atom. The molecule has 2 saturated heterocycles. The van der Waals surface area contributed by atoms with E-state index >= 15 is 0 Å². The summed E-state index contributed by atoms with van der Waals surface area (Å²) in [6.45, 7) is 6.86. The van der Waals surface area contributed by atoms with Crippen LogP contribution in [0.1, 0.15) is 65.8 Å². The molecule has 21 nitrogen and oxygen atoms in total. The minimum absolute atomic E-state index is 0.0276. The number of rotatable bonds is 13. The van der Waals surface area contributed by atoms with Crippen molar-refractivity contribution in [1.82, 2.24) is 48.3 Å². The van der Waals surface area contributed by atoms with Crippen LogP contribution >= 0.6 is 11.6 Å². The Labute approximate surface area is 408 Å². The summed E-state index contributed by atoms with van der Waals surface area (Å²) in [6, 6.07) is 15.1. The lowest BCUT2D eigenvalue weighted by Gasteiger charge is -2.25. The number of ether oxygens (including phenoxy) is 3. The number of carbonyl (C=O) groups excluding carboxylic acids is 2. The largest absolute Gasteiger partial charge is 0.496 e. The lowest BCUT2D eigenvalue weighted by molar-refractivity contribution is 0.100. The summed E-state index contributed by atoms with van der Waals surface area (Å²) in [7, 11) is 4.61. The van der Waals surface area contributed by atoms with E-state index < -0.39 is 0 Å². The summed E-state index contributed by atoms with van der Waals surface area (Å²) >= 11 is 5.92. The van der Waals surface area contributed by atoms with Crippen LogP contribution in [0.2, 0.25) is 5.28 Å². The number of benzene rings is 2. The smallest absolute Gasteiger partial charge is 0.248 e. The first-order valence-corrected chi connectivity index (χ1v) is 22.9. The first kappa shape index (κ1) is 48.7. The number of nitrogens with zero attached hydrogens (tertiary/aromatic N) is 12. The molecule has 0 bridgehead atoms. The number of nitrogens with one attached hydrogen (secondary N) is 1. The highest BCUT2D eigenvalue weighted by Crippen LogP contribution is 2.35. The Morgan fingerprint density at radius 3 is 1.87 bits per heavy atom. The number of nitrogens with two attached hydrogens (primary N) is 1. The van der Waals surface area contributed by atoms with Crippen LogP contribution < -0.4 is 35.1 Å². The number of anilines is 5. The summed E-state index contributed by atoms with van der Waals surface area (Å²) in [6.07, 6.45) is 14.4. The molecule has 0 amide bonds. The van der Waals surface area contributed by atoms with Gasteiger partial charge in [0, 0.05) is 48.7 Å². The van der Waals surface area contributed by atoms with E-state index in [9.17, 15) is 19.8 Å². The van der Waals surface area contributed by atoms with Gasteiger partial charge in [0.15, 0.2) is 40.5 Å². The van der Waals surface area contributed by atoms with Crippen LogP contribution in [0.4, 0.5) is 29.2 Å². The molecule has 2 atom stereocenters. The zero-order chi connectivity index (χ0) is 49.6. The number of nitrogen functional groups attached to an aromatic ring is 1. The monoisotopic (exact) mass is 974 g/mol. The predicted octanol–water partition coefficient (Wildman–Crippen LogP) is 6.16. The number of hydrogen-bond donors (Lipinski definition) is 4. The molecule has 2 aliphatic rings. The number of Topliss-reactive ketones (excluding diaryl/α,β-unsaturated/α-hetero) is 2. The van der Waals surface area contributed by atoms with Crippen LogP contribution in [0.25, 0.3) is 22.4 Å². The van der Waals surface area contributed by atoms with Crippen molar-refractivity contribution in [3.8, 4) is 28.6 Å². The molecule has 6 aromatic heterocycles. The van der Waals surface area contributed by atoms with Crippen LogP contribution in [0.15, 0.2) is 86.0 Å². The maximum Gasteiger partial charge on any atom is 0.248 e. The van der Waals surface area contributed by atoms with Crippen molar-refractivity contribution in [2.24, 2.45) is 0 Å². The van der Waals surface area contributed by atoms with E-state index in [4.69, 9.17) is 36.5 Å². The first-order valence-electron chi connectivity index (χ1n) is 22.5. The van der Waals surface area contributed by atoms with E-state index in [0.717, 1.165) is 78.4 Å². The van der Waals surface area contributed by atoms with E-state index in [1.165, 1.54) is 21.1 Å². The normalized spacial score (nSPS) is 15.4. The molecular weight excluding hydrogens is 920 g/mol. The molecule has 10 rings (SSSR count). The first-order chi connectivity index (χ1) is 33.8. The van der Waals surface area contributed by atoms with Crippen LogP contribution in [0.5, 0.6) is 17.2 Å². The molecule has 0 spiro atoms. The van der Waals surface area contributed by atoms with Gasteiger partial charge in [-0.1, -0.05) is 0 Å². The third-order valence-corrected chi connectivity index (χ3v) is 12.4. The fraction of sp³-hybridized carbons (Fsp3) is 0.333. The Hall–Kier alpha value is -7.75. The average molecular weight is 976 g/mol. The van der Waals surface area contributed by atoms with Crippen molar-refractivity contribution in [2.75, 3.05) is 68.5 Å². The van der Waals surface area contributed by atoms with Crippen molar-refractivity contribution >= 4 is 63.4 Å². The maximum absolute atomic E-state index is 12.1. The quantitative estimate of drug-likeness (QED) is 0.0946. The molecule has 70 heavy (non-hydrogen) atoms. The topological polar surface area (TPSA) is 243 Å². The minimum Gasteiger partial charge on any atom is -0.496 e. The van der Waals surface area contributed by atoms with E-state index in [-0.39, 0.29) is 42.1 Å². The second kappa shape index (κ2) is 21.3. The third kappa shape index (κ3) is 10.2. The molecule has 366 valence electrons. The fourth-order valence-corrected chi connectivity index (χ4v) is 8.94. The number of carbonyl (C=O) groups is 2. The summed E-state index contributed by atoms with van der Waals surface area (Å²) < 4.78 is 23.0. The highest BCUT2D eigenvalue weighted by atomic mass is 35.5. The summed E-state index contributed by atoms with van der Waals surface area (Å²) in [5.74, 6) is 4.37. The van der Waals surface area contributed by atoms with Crippen LogP contribution in [0.3, 0.4) is 0 Å². The van der Waals surface area contributed by atoms with Crippen LogP contribution in [-0.2, 0) is 0 Å². The molecule has 8 aromatic rings. The van der Waals surface area contributed by atoms with Crippen molar-refractivity contribution in [2.45, 2.75) is 58.5 Å². The number of methoxy groups -OCH3 is 3. The van der Waals surface area contributed by atoms with E-state index in [2.05, 4.69) is 40.3 Å². The molecule has 5 N–H and O–H groups in total. The number of hydrogen-bond acceptors (Lipinski definition) is 17. The lowest BCUT2D eigenvalue weighted by Crippen LogP contribution is -2.33. The zero-order valence-corrected chi connectivity index (χ0v) is 40.4. The van der Waals surface area contributed by atoms with Gasteiger partial charge in [-0.25, -0.2) is 19.0 Å². The number of halogens is 1. The molecule has 0 radical (unpaired) electrons. The highest BCUT2D eigenvalue weighted by Gasteiger charge is 2.29.